The van der Waals surface area contributed by atoms with Crippen molar-refractivity contribution in [2.24, 2.45) is 0 Å². The van der Waals surface area contributed by atoms with Crippen molar-refractivity contribution >= 4 is 34.8 Å². The molecule has 1 aromatic carbocycles. The average Bonchev–Trinajstić information content (AvgIpc) is 3.27. The van der Waals surface area contributed by atoms with Crippen LogP contribution in [0.2, 0.25) is 5.02 Å². The van der Waals surface area contributed by atoms with Gasteiger partial charge in [0.1, 0.15) is 0 Å². The highest BCUT2D eigenvalue weighted by Gasteiger charge is 2.18. The SMILES string of the molecule is CCn1cc(NC(=O)CCn2cc(Cl)cn2)c(C(=O)Nc2ccccc2)n1. The van der Waals surface area contributed by atoms with E-state index in [1.807, 2.05) is 25.1 Å². The van der Waals surface area contributed by atoms with Crippen LogP contribution in [0.25, 0.3) is 0 Å². The predicted molar refractivity (Wildman–Crippen MR) is 103 cm³/mol. The highest BCUT2D eigenvalue weighted by Crippen LogP contribution is 2.17. The van der Waals surface area contributed by atoms with Gasteiger partial charge in [-0.2, -0.15) is 10.2 Å². The summed E-state index contributed by atoms with van der Waals surface area (Å²) < 4.78 is 3.18. The van der Waals surface area contributed by atoms with E-state index in [9.17, 15) is 9.59 Å². The Morgan fingerprint density at radius 3 is 2.56 bits per heavy atom. The smallest absolute Gasteiger partial charge is 0.278 e. The first kappa shape index (κ1) is 18.7. The van der Waals surface area contributed by atoms with Crippen molar-refractivity contribution in [2.75, 3.05) is 10.6 Å². The summed E-state index contributed by atoms with van der Waals surface area (Å²) in [5.74, 6) is -0.631. The van der Waals surface area contributed by atoms with Crippen molar-refractivity contribution in [1.82, 2.24) is 19.6 Å². The molecule has 0 unspecified atom stereocenters. The zero-order valence-corrected chi connectivity index (χ0v) is 15.5. The minimum atomic E-state index is -0.387. The maximum Gasteiger partial charge on any atom is 0.278 e. The number of carbonyl (C=O) groups is 2. The first-order chi connectivity index (χ1) is 13.0. The molecule has 140 valence electrons. The monoisotopic (exact) mass is 386 g/mol. The van der Waals surface area contributed by atoms with Crippen LogP contribution in [0, 0.1) is 0 Å². The van der Waals surface area contributed by atoms with Crippen molar-refractivity contribution < 1.29 is 9.59 Å². The van der Waals surface area contributed by atoms with E-state index < -0.39 is 0 Å². The van der Waals surface area contributed by atoms with Crippen LogP contribution in [0.5, 0.6) is 0 Å². The topological polar surface area (TPSA) is 93.8 Å². The molecule has 3 aromatic rings. The van der Waals surface area contributed by atoms with Crippen molar-refractivity contribution in [3.63, 3.8) is 0 Å². The van der Waals surface area contributed by atoms with Crippen molar-refractivity contribution in [3.8, 4) is 0 Å². The van der Waals surface area contributed by atoms with Gasteiger partial charge in [-0.25, -0.2) is 0 Å². The van der Waals surface area contributed by atoms with Crippen LogP contribution < -0.4 is 10.6 Å². The van der Waals surface area contributed by atoms with Crippen LogP contribution in [0.15, 0.2) is 48.9 Å². The second kappa shape index (κ2) is 8.50. The van der Waals surface area contributed by atoms with Gasteiger partial charge in [-0.3, -0.25) is 19.0 Å². The number of anilines is 2. The number of nitrogens with one attached hydrogen (secondary N) is 2. The van der Waals surface area contributed by atoms with Crippen LogP contribution in [-0.2, 0) is 17.9 Å². The summed E-state index contributed by atoms with van der Waals surface area (Å²) in [6.07, 6.45) is 4.98. The Morgan fingerprint density at radius 1 is 1.11 bits per heavy atom. The van der Waals surface area contributed by atoms with Crippen molar-refractivity contribution in [1.29, 1.82) is 0 Å². The molecule has 8 nitrogen and oxygen atoms in total. The highest BCUT2D eigenvalue weighted by atomic mass is 35.5. The van der Waals surface area contributed by atoms with E-state index in [-0.39, 0.29) is 23.9 Å². The summed E-state index contributed by atoms with van der Waals surface area (Å²) in [7, 11) is 0. The van der Waals surface area contributed by atoms with Gasteiger partial charge in [0, 0.05) is 37.6 Å². The van der Waals surface area contributed by atoms with Gasteiger partial charge in [-0.05, 0) is 19.1 Å². The number of benzene rings is 1. The number of para-hydroxylation sites is 1. The number of rotatable bonds is 7. The summed E-state index contributed by atoms with van der Waals surface area (Å²) >= 11 is 5.81. The Kier molecular flexibility index (Phi) is 5.87. The largest absolute Gasteiger partial charge is 0.323 e. The maximum absolute atomic E-state index is 12.6. The van der Waals surface area contributed by atoms with E-state index in [2.05, 4.69) is 20.8 Å². The fourth-order valence-electron chi connectivity index (χ4n) is 2.44. The van der Waals surface area contributed by atoms with Gasteiger partial charge in [-0.15, -0.1) is 0 Å². The first-order valence-electron chi connectivity index (χ1n) is 8.47. The summed E-state index contributed by atoms with van der Waals surface area (Å²) in [5, 5.41) is 14.3. The molecule has 9 heteroatoms. The van der Waals surface area contributed by atoms with Crippen molar-refractivity contribution in [2.45, 2.75) is 26.4 Å². The number of aryl methyl sites for hydroxylation is 2. The van der Waals surface area contributed by atoms with Gasteiger partial charge < -0.3 is 10.6 Å². The Labute approximate surface area is 161 Å². The van der Waals surface area contributed by atoms with E-state index in [1.54, 1.807) is 33.9 Å². The zero-order valence-electron chi connectivity index (χ0n) is 14.7. The zero-order chi connectivity index (χ0) is 19.2. The van der Waals surface area contributed by atoms with E-state index in [0.717, 1.165) is 0 Å². The molecule has 0 saturated carbocycles. The molecular formula is C18H19ClN6O2. The number of nitrogens with zero attached hydrogens (tertiary/aromatic N) is 4. The van der Waals surface area contributed by atoms with E-state index in [4.69, 9.17) is 11.6 Å². The third-order valence-electron chi connectivity index (χ3n) is 3.78. The van der Waals surface area contributed by atoms with E-state index in [1.165, 1.54) is 6.20 Å². The van der Waals surface area contributed by atoms with E-state index in [0.29, 0.717) is 29.5 Å². The summed E-state index contributed by atoms with van der Waals surface area (Å²) in [6, 6.07) is 9.07. The quantitative estimate of drug-likeness (QED) is 0.652. The van der Waals surface area contributed by atoms with Crippen molar-refractivity contribution in [3.05, 3.63) is 59.6 Å². The lowest BCUT2D eigenvalue weighted by Crippen LogP contribution is -2.19. The number of hydrogen-bond acceptors (Lipinski definition) is 4. The van der Waals surface area contributed by atoms with Gasteiger partial charge in [0.15, 0.2) is 5.69 Å². The summed E-state index contributed by atoms with van der Waals surface area (Å²) in [6.45, 7) is 2.86. The number of halogens is 1. The Balaban J connectivity index is 1.68. The molecule has 0 bridgehead atoms. The van der Waals surface area contributed by atoms with Gasteiger partial charge in [0.25, 0.3) is 5.91 Å². The molecule has 0 aliphatic heterocycles. The third-order valence-corrected chi connectivity index (χ3v) is 3.97. The second-order valence-corrected chi connectivity index (χ2v) is 6.22. The molecule has 0 saturated heterocycles. The molecule has 0 fully saturated rings. The van der Waals surface area contributed by atoms with Crippen LogP contribution in [-0.4, -0.2) is 31.4 Å². The third kappa shape index (κ3) is 4.95. The fraction of sp³-hybridized carbons (Fsp3) is 0.222. The molecular weight excluding hydrogens is 368 g/mol. The van der Waals surface area contributed by atoms with Crippen LogP contribution >= 0.6 is 11.6 Å². The molecule has 2 aromatic heterocycles. The minimum absolute atomic E-state index is 0.163. The molecule has 2 amide bonds. The molecule has 2 N–H and O–H groups in total. The second-order valence-electron chi connectivity index (χ2n) is 5.79. The molecule has 0 aliphatic carbocycles. The highest BCUT2D eigenvalue weighted by molar-refractivity contribution is 6.30. The molecule has 27 heavy (non-hydrogen) atoms. The van der Waals surface area contributed by atoms with Crippen LogP contribution in [0.3, 0.4) is 0 Å². The Morgan fingerprint density at radius 2 is 1.89 bits per heavy atom. The Bertz CT molecular complexity index is 934. The predicted octanol–water partition coefficient (Wildman–Crippen LogP) is 3.03. The lowest BCUT2D eigenvalue weighted by atomic mass is 10.3. The molecule has 3 rings (SSSR count). The molecule has 2 heterocycles. The summed E-state index contributed by atoms with van der Waals surface area (Å²) in [4.78, 5) is 24.8. The van der Waals surface area contributed by atoms with Gasteiger partial charge in [-0.1, -0.05) is 29.8 Å². The lowest BCUT2D eigenvalue weighted by Gasteiger charge is -2.07. The van der Waals surface area contributed by atoms with Gasteiger partial charge in [0.2, 0.25) is 5.91 Å². The maximum atomic E-state index is 12.6. The first-order valence-corrected chi connectivity index (χ1v) is 8.84. The molecule has 0 radical (unpaired) electrons. The van der Waals surface area contributed by atoms with Crippen LogP contribution in [0.1, 0.15) is 23.8 Å². The van der Waals surface area contributed by atoms with Crippen LogP contribution in [0.4, 0.5) is 11.4 Å². The number of hydrogen-bond donors (Lipinski definition) is 2. The van der Waals surface area contributed by atoms with Gasteiger partial charge >= 0.3 is 0 Å². The molecule has 0 aliphatic rings. The van der Waals surface area contributed by atoms with Gasteiger partial charge in [0.05, 0.1) is 16.9 Å². The fourth-order valence-corrected chi connectivity index (χ4v) is 2.60. The standard InChI is InChI=1S/C18H19ClN6O2/c1-2-24-12-15(22-16(26)8-9-25-11-13(19)10-20-25)17(23-24)18(27)21-14-6-4-3-5-7-14/h3-7,10-12H,2,8-9H2,1H3,(H,21,27)(H,22,26). The normalized spacial score (nSPS) is 10.6. The molecule has 0 spiro atoms. The van der Waals surface area contributed by atoms with E-state index >= 15 is 0 Å². The summed E-state index contributed by atoms with van der Waals surface area (Å²) in [5.41, 5.74) is 1.19. The number of aromatic nitrogens is 4. The minimum Gasteiger partial charge on any atom is -0.323 e. The number of carbonyl (C=O) groups excluding carboxylic acids is 2. The number of amides is 2. The average molecular weight is 387 g/mol. The molecule has 0 atom stereocenters. The Hall–Kier alpha value is -3.13. The lowest BCUT2D eigenvalue weighted by molar-refractivity contribution is -0.116.